The summed E-state index contributed by atoms with van der Waals surface area (Å²) in [4.78, 5) is 33.9. The molecule has 0 aliphatic rings. The number of methoxy groups -OCH3 is 1. The number of hydrogen-bond acceptors (Lipinski definition) is 5. The number of alkyl carbamates (subject to hydrolysis) is 1. The first-order valence-corrected chi connectivity index (χ1v) is 6.13. The summed E-state index contributed by atoms with van der Waals surface area (Å²) >= 11 is 5.91. The van der Waals surface area contributed by atoms with Crippen LogP contribution in [0.3, 0.4) is 0 Å². The summed E-state index contributed by atoms with van der Waals surface area (Å²) in [5, 5.41) is 2.35. The number of imide groups is 1. The fourth-order valence-electron chi connectivity index (χ4n) is 1.34. The summed E-state index contributed by atoms with van der Waals surface area (Å²) in [5.41, 5.74) is 0.597. The van der Waals surface area contributed by atoms with Crippen LogP contribution in [0.15, 0.2) is 24.3 Å². The van der Waals surface area contributed by atoms with E-state index in [1.807, 2.05) is 5.32 Å². The molecule has 20 heavy (non-hydrogen) atoms. The topological polar surface area (TPSA) is 81.7 Å². The molecular formula is C13H14ClNO5. The molecule has 0 fully saturated rings. The molecule has 1 rings (SSSR count). The molecule has 6 nitrogen and oxygen atoms in total. The van der Waals surface area contributed by atoms with E-state index in [9.17, 15) is 14.4 Å². The number of nitrogens with one attached hydrogen (secondary N) is 1. The third-order valence-corrected chi connectivity index (χ3v) is 2.75. The lowest BCUT2D eigenvalue weighted by Gasteiger charge is -2.12. The van der Waals surface area contributed by atoms with Crippen LogP contribution in [-0.2, 0) is 25.5 Å². The van der Waals surface area contributed by atoms with Crippen LogP contribution in [0.2, 0.25) is 5.02 Å². The minimum atomic E-state index is -1.11. The van der Waals surface area contributed by atoms with E-state index in [-0.39, 0.29) is 6.42 Å². The predicted octanol–water partition coefficient (Wildman–Crippen LogP) is 1.70. The molecular weight excluding hydrogens is 286 g/mol. The van der Waals surface area contributed by atoms with Crippen LogP contribution >= 0.6 is 11.6 Å². The summed E-state index contributed by atoms with van der Waals surface area (Å²) in [6.07, 6.45) is -2.08. The molecule has 0 radical (unpaired) electrons. The van der Waals surface area contributed by atoms with Gasteiger partial charge in [-0.05, 0) is 18.6 Å². The molecule has 1 aromatic rings. The number of carbonyl (C=O) groups excluding carboxylic acids is 3. The average Bonchev–Trinajstić information content (AvgIpc) is 2.41. The number of benzene rings is 1. The van der Waals surface area contributed by atoms with Crippen LogP contribution < -0.4 is 5.32 Å². The molecule has 1 aromatic carbocycles. The Bertz CT molecular complexity index is 517. The molecule has 0 aromatic heterocycles. The van der Waals surface area contributed by atoms with Gasteiger partial charge in [-0.1, -0.05) is 29.8 Å². The smallest absolute Gasteiger partial charge is 0.413 e. The molecule has 108 valence electrons. The molecule has 0 bridgehead atoms. The fourth-order valence-corrected chi connectivity index (χ4v) is 1.55. The molecule has 1 N–H and O–H groups in total. The minimum absolute atomic E-state index is 0.0600. The van der Waals surface area contributed by atoms with E-state index in [1.54, 1.807) is 24.3 Å². The Morgan fingerprint density at radius 2 is 1.95 bits per heavy atom. The van der Waals surface area contributed by atoms with Crippen LogP contribution in [-0.4, -0.2) is 31.2 Å². The maximum atomic E-state index is 11.7. The second kappa shape index (κ2) is 7.49. The van der Waals surface area contributed by atoms with Crippen molar-refractivity contribution >= 4 is 29.6 Å². The summed E-state index contributed by atoms with van der Waals surface area (Å²) in [5.74, 6) is -1.38. The van der Waals surface area contributed by atoms with Crippen molar-refractivity contribution in [2.75, 3.05) is 7.11 Å². The van der Waals surface area contributed by atoms with Crippen molar-refractivity contribution in [3.05, 3.63) is 34.9 Å². The molecule has 0 unspecified atom stereocenters. The number of ether oxygens (including phenoxy) is 2. The molecule has 0 heterocycles. The van der Waals surface area contributed by atoms with Gasteiger partial charge in [-0.25, -0.2) is 4.79 Å². The molecule has 0 spiro atoms. The lowest BCUT2D eigenvalue weighted by atomic mass is 10.1. The van der Waals surface area contributed by atoms with Gasteiger partial charge in [0.15, 0.2) is 6.10 Å². The molecule has 0 aliphatic carbocycles. The van der Waals surface area contributed by atoms with Crippen molar-refractivity contribution < 1.29 is 23.9 Å². The van der Waals surface area contributed by atoms with Gasteiger partial charge in [0.25, 0.3) is 5.91 Å². The van der Waals surface area contributed by atoms with Crippen molar-refractivity contribution in [3.8, 4) is 0 Å². The standard InChI is InChI=1S/C13H14ClNO5/c1-8(12(17)15-13(18)19-2)20-11(16)7-9-5-3-4-6-10(9)14/h3-6,8H,7H2,1-2H3,(H,15,17,18)/t8-/m1/s1. The van der Waals surface area contributed by atoms with E-state index in [1.165, 1.54) is 6.92 Å². The zero-order valence-electron chi connectivity index (χ0n) is 11.0. The van der Waals surface area contributed by atoms with E-state index in [0.717, 1.165) is 7.11 Å². The van der Waals surface area contributed by atoms with E-state index in [0.29, 0.717) is 10.6 Å². The highest BCUT2D eigenvalue weighted by Gasteiger charge is 2.20. The molecule has 0 aliphatic heterocycles. The molecule has 0 saturated carbocycles. The predicted molar refractivity (Wildman–Crippen MR) is 71.3 cm³/mol. The van der Waals surface area contributed by atoms with E-state index < -0.39 is 24.1 Å². The first kappa shape index (κ1) is 16.0. The molecule has 0 saturated heterocycles. The Hall–Kier alpha value is -2.08. The van der Waals surface area contributed by atoms with Crippen LogP contribution in [0.25, 0.3) is 0 Å². The maximum Gasteiger partial charge on any atom is 0.413 e. The van der Waals surface area contributed by atoms with E-state index >= 15 is 0 Å². The second-order valence-electron chi connectivity index (χ2n) is 3.88. The molecule has 2 amide bonds. The summed E-state index contributed by atoms with van der Waals surface area (Å²) in [6, 6.07) is 6.81. The highest BCUT2D eigenvalue weighted by molar-refractivity contribution is 6.31. The summed E-state index contributed by atoms with van der Waals surface area (Å²) in [7, 11) is 1.12. The van der Waals surface area contributed by atoms with Gasteiger partial charge in [0.05, 0.1) is 13.5 Å². The fraction of sp³-hybridized carbons (Fsp3) is 0.308. The van der Waals surface area contributed by atoms with Crippen LogP contribution in [0.5, 0.6) is 0 Å². The van der Waals surface area contributed by atoms with Crippen LogP contribution in [0, 0.1) is 0 Å². The van der Waals surface area contributed by atoms with Crippen LogP contribution in [0.1, 0.15) is 12.5 Å². The van der Waals surface area contributed by atoms with Crippen LogP contribution in [0.4, 0.5) is 4.79 Å². The quantitative estimate of drug-likeness (QED) is 0.856. The minimum Gasteiger partial charge on any atom is -0.453 e. The van der Waals surface area contributed by atoms with Crippen molar-refractivity contribution in [2.45, 2.75) is 19.4 Å². The van der Waals surface area contributed by atoms with E-state index in [2.05, 4.69) is 4.74 Å². The molecule has 7 heteroatoms. The zero-order chi connectivity index (χ0) is 15.1. The Morgan fingerprint density at radius 3 is 2.55 bits per heavy atom. The van der Waals surface area contributed by atoms with Gasteiger partial charge in [-0.3, -0.25) is 14.9 Å². The largest absolute Gasteiger partial charge is 0.453 e. The number of carbonyl (C=O) groups is 3. The van der Waals surface area contributed by atoms with Crippen molar-refractivity contribution in [1.29, 1.82) is 0 Å². The summed E-state index contributed by atoms with van der Waals surface area (Å²) in [6.45, 7) is 1.35. The van der Waals surface area contributed by atoms with Gasteiger partial charge in [0.2, 0.25) is 0 Å². The van der Waals surface area contributed by atoms with Crippen molar-refractivity contribution in [1.82, 2.24) is 5.32 Å². The average molecular weight is 300 g/mol. The summed E-state index contributed by atoms with van der Waals surface area (Å²) < 4.78 is 9.16. The maximum absolute atomic E-state index is 11.7. The first-order chi connectivity index (χ1) is 9.43. The van der Waals surface area contributed by atoms with E-state index in [4.69, 9.17) is 16.3 Å². The third-order valence-electron chi connectivity index (χ3n) is 2.38. The Kier molecular flexibility index (Phi) is 5.99. The lowest BCUT2D eigenvalue weighted by Crippen LogP contribution is -2.39. The van der Waals surface area contributed by atoms with Gasteiger partial charge in [-0.15, -0.1) is 0 Å². The highest BCUT2D eigenvalue weighted by atomic mass is 35.5. The first-order valence-electron chi connectivity index (χ1n) is 5.75. The van der Waals surface area contributed by atoms with Gasteiger partial charge in [-0.2, -0.15) is 0 Å². The Labute approximate surface area is 121 Å². The second-order valence-corrected chi connectivity index (χ2v) is 4.29. The lowest BCUT2D eigenvalue weighted by molar-refractivity contribution is -0.153. The Balaban J connectivity index is 2.52. The van der Waals surface area contributed by atoms with Gasteiger partial charge in [0.1, 0.15) is 0 Å². The number of halogens is 1. The van der Waals surface area contributed by atoms with Crippen molar-refractivity contribution in [3.63, 3.8) is 0 Å². The van der Waals surface area contributed by atoms with Gasteiger partial charge >= 0.3 is 12.1 Å². The monoisotopic (exact) mass is 299 g/mol. The Morgan fingerprint density at radius 1 is 1.30 bits per heavy atom. The number of esters is 1. The number of hydrogen-bond donors (Lipinski definition) is 1. The normalized spacial score (nSPS) is 11.3. The van der Waals surface area contributed by atoms with Gasteiger partial charge < -0.3 is 9.47 Å². The number of rotatable bonds is 4. The third kappa shape index (κ3) is 4.89. The number of amides is 2. The molecule has 1 atom stereocenters. The highest BCUT2D eigenvalue weighted by Crippen LogP contribution is 2.16. The SMILES string of the molecule is COC(=O)NC(=O)[C@@H](C)OC(=O)Cc1ccccc1Cl. The zero-order valence-corrected chi connectivity index (χ0v) is 11.8. The van der Waals surface area contributed by atoms with Crippen molar-refractivity contribution in [2.24, 2.45) is 0 Å². The van der Waals surface area contributed by atoms with Gasteiger partial charge in [0, 0.05) is 5.02 Å².